The number of ether oxygens (including phenoxy) is 1. The zero-order valence-corrected chi connectivity index (χ0v) is 19.5. The molecule has 6 nitrogen and oxygen atoms in total. The lowest BCUT2D eigenvalue weighted by atomic mass is 10.1. The monoisotopic (exact) mass is 454 g/mol. The Kier molecular flexibility index (Phi) is 7.69. The van der Waals surface area contributed by atoms with Gasteiger partial charge in [-0.3, -0.25) is 9.36 Å². The van der Waals surface area contributed by atoms with Crippen LogP contribution in [0.25, 0.3) is 0 Å². The molecule has 0 aliphatic heterocycles. The lowest BCUT2D eigenvalue weighted by Crippen LogP contribution is -2.24. The number of hydrogen-bond acceptors (Lipinski definition) is 5. The van der Waals surface area contributed by atoms with Gasteiger partial charge < -0.3 is 10.1 Å². The minimum atomic E-state index is -0.441. The summed E-state index contributed by atoms with van der Waals surface area (Å²) < 4.78 is 21.2. The first-order valence-corrected chi connectivity index (χ1v) is 11.1. The van der Waals surface area contributed by atoms with Crippen LogP contribution in [0.15, 0.2) is 54.2 Å². The minimum absolute atomic E-state index is 0.0463. The van der Waals surface area contributed by atoms with Crippen LogP contribution in [0.5, 0.6) is 5.75 Å². The van der Waals surface area contributed by atoms with Gasteiger partial charge in [0.2, 0.25) is 5.91 Å². The third kappa shape index (κ3) is 5.56. The van der Waals surface area contributed by atoms with Crippen LogP contribution >= 0.6 is 11.8 Å². The van der Waals surface area contributed by atoms with Gasteiger partial charge in [0.1, 0.15) is 6.61 Å². The predicted octanol–water partition coefficient (Wildman–Crippen LogP) is 5.23. The quantitative estimate of drug-likeness (QED) is 0.354. The molecule has 1 amide bonds. The van der Waals surface area contributed by atoms with Gasteiger partial charge in [-0.1, -0.05) is 47.7 Å². The van der Waals surface area contributed by atoms with Crippen molar-refractivity contribution in [3.8, 4) is 5.75 Å². The highest BCUT2D eigenvalue weighted by molar-refractivity contribution is 8.00. The van der Waals surface area contributed by atoms with Gasteiger partial charge >= 0.3 is 0 Å². The maximum atomic E-state index is 13.8. The molecule has 8 heteroatoms. The van der Waals surface area contributed by atoms with E-state index >= 15 is 0 Å². The number of benzene rings is 2. The Bertz CT molecular complexity index is 1110. The molecule has 168 valence electrons. The molecule has 0 aliphatic rings. The van der Waals surface area contributed by atoms with Crippen LogP contribution < -0.4 is 10.1 Å². The number of thioether (sulfide) groups is 1. The van der Waals surface area contributed by atoms with Gasteiger partial charge in [-0.25, -0.2) is 4.39 Å². The molecular weight excluding hydrogens is 427 g/mol. The molecule has 1 atom stereocenters. The molecule has 0 bridgehead atoms. The first-order valence-electron chi connectivity index (χ1n) is 10.3. The van der Waals surface area contributed by atoms with Gasteiger partial charge in [0.15, 0.2) is 22.5 Å². The van der Waals surface area contributed by atoms with E-state index in [4.69, 9.17) is 4.74 Å². The summed E-state index contributed by atoms with van der Waals surface area (Å²) in [6.07, 6.45) is 1.71. The Morgan fingerprint density at radius 2 is 1.94 bits per heavy atom. The summed E-state index contributed by atoms with van der Waals surface area (Å²) in [5.41, 5.74) is 4.04. The number of carbonyl (C=O) groups is 1. The van der Waals surface area contributed by atoms with E-state index in [1.807, 2.05) is 44.4 Å². The summed E-state index contributed by atoms with van der Waals surface area (Å²) >= 11 is 1.30. The molecule has 0 fully saturated rings. The molecule has 0 unspecified atom stereocenters. The third-order valence-electron chi connectivity index (χ3n) is 4.88. The van der Waals surface area contributed by atoms with Crippen LogP contribution in [0, 0.1) is 26.6 Å². The molecular formula is C24H27FN4O2S. The highest BCUT2D eigenvalue weighted by Crippen LogP contribution is 2.27. The van der Waals surface area contributed by atoms with Crippen molar-refractivity contribution < 1.29 is 13.9 Å². The Morgan fingerprint density at radius 3 is 2.59 bits per heavy atom. The number of nitrogens with zero attached hydrogens (tertiary/aromatic N) is 3. The fraction of sp³-hybridized carbons (Fsp3) is 0.292. The SMILES string of the molecule is C=CCn1c(COc2ccccc2F)nnc1S[C@@H](C)C(=O)Nc1c(C)cc(C)cc1C. The average Bonchev–Trinajstić information content (AvgIpc) is 3.11. The molecule has 3 rings (SSSR count). The standard InChI is InChI=1S/C24H27FN4O2S/c1-6-11-29-21(14-31-20-10-8-7-9-19(20)25)27-28-24(29)32-18(5)23(30)26-22-16(3)12-15(2)13-17(22)4/h6-10,12-13,18H,1,11,14H2,2-5H3,(H,26,30)/t18-/m0/s1. The topological polar surface area (TPSA) is 69.0 Å². The van der Waals surface area contributed by atoms with Crippen molar-refractivity contribution >= 4 is 23.4 Å². The van der Waals surface area contributed by atoms with Crippen LogP contribution in [0.2, 0.25) is 0 Å². The van der Waals surface area contributed by atoms with Crippen molar-refractivity contribution in [1.82, 2.24) is 14.8 Å². The van der Waals surface area contributed by atoms with Crippen LogP contribution in [0.3, 0.4) is 0 Å². The maximum Gasteiger partial charge on any atom is 0.237 e. The molecule has 0 radical (unpaired) electrons. The number of rotatable bonds is 9. The van der Waals surface area contributed by atoms with Crippen LogP contribution in [-0.2, 0) is 17.9 Å². The molecule has 1 heterocycles. The summed E-state index contributed by atoms with van der Waals surface area (Å²) in [4.78, 5) is 12.9. The van der Waals surface area contributed by atoms with Crippen molar-refractivity contribution in [3.05, 3.63) is 77.4 Å². The molecule has 0 saturated carbocycles. The van der Waals surface area contributed by atoms with Crippen LogP contribution in [0.4, 0.5) is 10.1 Å². The van der Waals surface area contributed by atoms with E-state index in [-0.39, 0.29) is 18.3 Å². The molecule has 0 aliphatic carbocycles. The normalized spacial score (nSPS) is 11.8. The second-order valence-electron chi connectivity index (χ2n) is 7.54. The summed E-state index contributed by atoms with van der Waals surface area (Å²) in [5.74, 6) is 0.103. The zero-order valence-electron chi connectivity index (χ0n) is 18.7. The Morgan fingerprint density at radius 1 is 1.25 bits per heavy atom. The number of aryl methyl sites for hydroxylation is 3. The lowest BCUT2D eigenvalue weighted by Gasteiger charge is -2.16. The van der Waals surface area contributed by atoms with Gasteiger partial charge in [0.05, 0.1) is 5.25 Å². The van der Waals surface area contributed by atoms with E-state index in [1.54, 1.807) is 24.3 Å². The molecule has 0 spiro atoms. The van der Waals surface area contributed by atoms with E-state index in [9.17, 15) is 9.18 Å². The largest absolute Gasteiger partial charge is 0.483 e. The molecule has 32 heavy (non-hydrogen) atoms. The van der Waals surface area contributed by atoms with Crippen molar-refractivity contribution in [2.24, 2.45) is 0 Å². The second kappa shape index (κ2) is 10.5. The van der Waals surface area contributed by atoms with Gasteiger partial charge in [0, 0.05) is 12.2 Å². The van der Waals surface area contributed by atoms with Crippen molar-refractivity contribution in [1.29, 1.82) is 0 Å². The van der Waals surface area contributed by atoms with Crippen molar-refractivity contribution in [3.63, 3.8) is 0 Å². The maximum absolute atomic E-state index is 13.8. The number of amides is 1. The number of allylic oxidation sites excluding steroid dienone is 1. The first kappa shape index (κ1) is 23.5. The van der Waals surface area contributed by atoms with Gasteiger partial charge in [-0.2, -0.15) is 0 Å². The lowest BCUT2D eigenvalue weighted by molar-refractivity contribution is -0.115. The fourth-order valence-electron chi connectivity index (χ4n) is 3.34. The first-order chi connectivity index (χ1) is 15.3. The number of para-hydroxylation sites is 1. The summed E-state index contributed by atoms with van der Waals surface area (Å²) in [6.45, 7) is 12.1. The molecule has 0 saturated heterocycles. The number of halogens is 1. The smallest absolute Gasteiger partial charge is 0.237 e. The number of anilines is 1. The number of carbonyl (C=O) groups excluding carboxylic acids is 1. The van der Waals surface area contributed by atoms with E-state index < -0.39 is 11.1 Å². The van der Waals surface area contributed by atoms with E-state index in [1.165, 1.54) is 17.8 Å². The van der Waals surface area contributed by atoms with Crippen LogP contribution in [0.1, 0.15) is 29.4 Å². The highest BCUT2D eigenvalue weighted by atomic mass is 32.2. The number of aromatic nitrogens is 3. The summed E-state index contributed by atoms with van der Waals surface area (Å²) in [6, 6.07) is 10.3. The fourth-order valence-corrected chi connectivity index (χ4v) is 4.22. The number of nitrogens with one attached hydrogen (secondary N) is 1. The van der Waals surface area contributed by atoms with Crippen molar-refractivity contribution in [2.75, 3.05) is 5.32 Å². The van der Waals surface area contributed by atoms with E-state index in [2.05, 4.69) is 22.1 Å². The van der Waals surface area contributed by atoms with E-state index in [0.29, 0.717) is 17.5 Å². The molecule has 1 N–H and O–H groups in total. The average molecular weight is 455 g/mol. The number of hydrogen-bond donors (Lipinski definition) is 1. The van der Waals surface area contributed by atoms with Gasteiger partial charge in [0.25, 0.3) is 0 Å². The van der Waals surface area contributed by atoms with Crippen molar-refractivity contribution in [2.45, 2.75) is 51.3 Å². The zero-order chi connectivity index (χ0) is 23.3. The summed E-state index contributed by atoms with van der Waals surface area (Å²) in [5, 5.41) is 11.6. The summed E-state index contributed by atoms with van der Waals surface area (Å²) in [7, 11) is 0. The Balaban J connectivity index is 1.71. The van der Waals surface area contributed by atoms with Crippen LogP contribution in [-0.4, -0.2) is 25.9 Å². The molecule has 2 aromatic carbocycles. The molecule has 1 aromatic heterocycles. The minimum Gasteiger partial charge on any atom is -0.483 e. The Labute approximate surface area is 191 Å². The molecule has 3 aromatic rings. The van der Waals surface area contributed by atoms with E-state index in [0.717, 1.165) is 22.4 Å². The van der Waals surface area contributed by atoms with Gasteiger partial charge in [-0.15, -0.1) is 16.8 Å². The predicted molar refractivity (Wildman–Crippen MR) is 126 cm³/mol. The third-order valence-corrected chi connectivity index (χ3v) is 5.96. The van der Waals surface area contributed by atoms with Gasteiger partial charge in [-0.05, 0) is 51.0 Å². The highest BCUT2D eigenvalue weighted by Gasteiger charge is 2.21. The Hall–Kier alpha value is -3.13. The second-order valence-corrected chi connectivity index (χ2v) is 8.85.